The van der Waals surface area contributed by atoms with Crippen molar-refractivity contribution in [2.45, 2.75) is 24.9 Å². The molecule has 2 saturated heterocycles. The smallest absolute Gasteiger partial charge is 0.228 e. The van der Waals surface area contributed by atoms with Gasteiger partial charge in [-0.3, -0.25) is 0 Å². The first-order chi connectivity index (χ1) is 6.92. The third-order valence-electron chi connectivity index (χ3n) is 2.98. The predicted octanol–water partition coefficient (Wildman–Crippen LogP) is -0.188. The van der Waals surface area contributed by atoms with Gasteiger partial charge in [-0.1, -0.05) is 0 Å². The minimum absolute atomic E-state index is 0.630. The maximum atomic E-state index is 4.18. The largest absolute Gasteiger partial charge is 0.338 e. The summed E-state index contributed by atoms with van der Waals surface area (Å²) >= 11 is 0. The highest BCUT2D eigenvalue weighted by molar-refractivity contribution is 5.30. The van der Waals surface area contributed by atoms with Gasteiger partial charge in [-0.05, 0) is 12.8 Å². The highest BCUT2D eigenvalue weighted by Crippen LogP contribution is 2.22. The second-order valence-corrected chi connectivity index (χ2v) is 3.98. The van der Waals surface area contributed by atoms with E-state index in [4.69, 9.17) is 0 Å². The maximum Gasteiger partial charge on any atom is 0.228 e. The summed E-state index contributed by atoms with van der Waals surface area (Å²) in [5, 5.41) is 3.58. The molecule has 2 bridgehead atoms. The molecule has 0 radical (unpaired) electrons. The average molecular weight is 191 g/mol. The van der Waals surface area contributed by atoms with Crippen LogP contribution in [0.2, 0.25) is 0 Å². The van der Waals surface area contributed by atoms with E-state index in [1.165, 1.54) is 12.8 Å². The van der Waals surface area contributed by atoms with Crippen molar-refractivity contribution in [2.24, 2.45) is 0 Å². The zero-order chi connectivity index (χ0) is 9.38. The number of hydrogen-bond acceptors (Lipinski definition) is 5. The number of aromatic nitrogens is 3. The lowest BCUT2D eigenvalue weighted by Crippen LogP contribution is -2.51. The van der Waals surface area contributed by atoms with E-state index in [1.807, 2.05) is 0 Å². The third-order valence-corrected chi connectivity index (χ3v) is 2.98. The molecule has 5 nitrogen and oxygen atoms in total. The van der Waals surface area contributed by atoms with E-state index >= 15 is 0 Å². The van der Waals surface area contributed by atoms with Crippen LogP contribution in [0.4, 0.5) is 5.95 Å². The Morgan fingerprint density at radius 2 is 1.79 bits per heavy atom. The molecule has 1 aromatic rings. The minimum atomic E-state index is 0.630. The number of hydrogen-bond donors (Lipinski definition) is 1. The molecule has 2 unspecified atom stereocenters. The van der Waals surface area contributed by atoms with Gasteiger partial charge in [0, 0.05) is 25.2 Å². The molecule has 2 aliphatic rings. The van der Waals surface area contributed by atoms with Crippen molar-refractivity contribution in [2.75, 3.05) is 18.0 Å². The summed E-state index contributed by atoms with van der Waals surface area (Å²) in [4.78, 5) is 14.4. The van der Waals surface area contributed by atoms with Crippen molar-refractivity contribution in [3.63, 3.8) is 0 Å². The van der Waals surface area contributed by atoms with Gasteiger partial charge in [-0.15, -0.1) is 0 Å². The topological polar surface area (TPSA) is 53.9 Å². The van der Waals surface area contributed by atoms with E-state index in [0.717, 1.165) is 19.0 Å². The van der Waals surface area contributed by atoms with Gasteiger partial charge < -0.3 is 10.2 Å². The second-order valence-electron chi connectivity index (χ2n) is 3.98. The quantitative estimate of drug-likeness (QED) is 0.667. The fourth-order valence-electron chi connectivity index (χ4n) is 2.36. The summed E-state index contributed by atoms with van der Waals surface area (Å²) in [5.41, 5.74) is 0. The highest BCUT2D eigenvalue weighted by atomic mass is 15.3. The standard InChI is InChI=1S/C9H13N5/c1-2-8-4-14(3-7(1)13-8)9-11-5-10-6-12-9/h5-8,13H,1-4H2. The van der Waals surface area contributed by atoms with Crippen molar-refractivity contribution < 1.29 is 0 Å². The molecule has 2 aliphatic heterocycles. The van der Waals surface area contributed by atoms with Crippen molar-refractivity contribution in [3.05, 3.63) is 12.7 Å². The molecular formula is C9H13N5. The van der Waals surface area contributed by atoms with Crippen molar-refractivity contribution >= 4 is 5.95 Å². The van der Waals surface area contributed by atoms with Crippen molar-refractivity contribution in [1.82, 2.24) is 20.3 Å². The lowest BCUT2D eigenvalue weighted by Gasteiger charge is -2.32. The summed E-state index contributed by atoms with van der Waals surface area (Å²) in [6.07, 6.45) is 5.69. The molecule has 3 heterocycles. The summed E-state index contributed by atoms with van der Waals surface area (Å²) in [6, 6.07) is 1.26. The summed E-state index contributed by atoms with van der Waals surface area (Å²) < 4.78 is 0. The Hall–Kier alpha value is -1.23. The van der Waals surface area contributed by atoms with Crippen LogP contribution in [0, 0.1) is 0 Å². The van der Waals surface area contributed by atoms with Crippen LogP contribution < -0.4 is 10.2 Å². The second kappa shape index (κ2) is 3.16. The van der Waals surface area contributed by atoms with Crippen LogP contribution >= 0.6 is 0 Å². The van der Waals surface area contributed by atoms with Gasteiger partial charge in [0.1, 0.15) is 12.7 Å². The average Bonchev–Trinajstić information content (AvgIpc) is 2.59. The van der Waals surface area contributed by atoms with Crippen LogP contribution in [0.25, 0.3) is 0 Å². The van der Waals surface area contributed by atoms with Crippen LogP contribution in [0.1, 0.15) is 12.8 Å². The van der Waals surface area contributed by atoms with E-state index in [1.54, 1.807) is 12.7 Å². The molecule has 1 aromatic heterocycles. The molecule has 5 heteroatoms. The van der Waals surface area contributed by atoms with Gasteiger partial charge in [0.05, 0.1) is 0 Å². The number of piperazine rings is 1. The van der Waals surface area contributed by atoms with Crippen LogP contribution in [-0.4, -0.2) is 40.1 Å². The molecule has 3 rings (SSSR count). The Labute approximate surface area is 82.6 Å². The van der Waals surface area contributed by atoms with Gasteiger partial charge >= 0.3 is 0 Å². The van der Waals surface area contributed by atoms with E-state index in [9.17, 15) is 0 Å². The van der Waals surface area contributed by atoms with E-state index in [0.29, 0.717) is 12.1 Å². The Balaban J connectivity index is 1.81. The zero-order valence-corrected chi connectivity index (χ0v) is 7.93. The Bertz CT molecular complexity index is 302. The number of rotatable bonds is 1. The minimum Gasteiger partial charge on any atom is -0.338 e. The summed E-state index contributed by atoms with van der Waals surface area (Å²) in [7, 11) is 0. The number of fused-ring (bicyclic) bond motifs is 2. The van der Waals surface area contributed by atoms with Gasteiger partial charge in [-0.2, -0.15) is 0 Å². The molecule has 0 amide bonds. The number of nitrogens with zero attached hydrogens (tertiary/aromatic N) is 4. The van der Waals surface area contributed by atoms with E-state index in [-0.39, 0.29) is 0 Å². The fraction of sp³-hybridized carbons (Fsp3) is 0.667. The van der Waals surface area contributed by atoms with Gasteiger partial charge in [-0.25, -0.2) is 15.0 Å². The molecule has 1 N–H and O–H groups in total. The molecule has 2 atom stereocenters. The van der Waals surface area contributed by atoms with Crippen molar-refractivity contribution in [1.29, 1.82) is 0 Å². The molecule has 14 heavy (non-hydrogen) atoms. The number of nitrogens with one attached hydrogen (secondary N) is 1. The van der Waals surface area contributed by atoms with Crippen LogP contribution in [-0.2, 0) is 0 Å². The van der Waals surface area contributed by atoms with Gasteiger partial charge in [0.25, 0.3) is 0 Å². The van der Waals surface area contributed by atoms with E-state index in [2.05, 4.69) is 25.2 Å². The van der Waals surface area contributed by atoms with Crippen LogP contribution in [0.15, 0.2) is 12.7 Å². The SMILES string of the molecule is c1ncnc(N2CC3CCC(C2)N3)n1. The van der Waals surface area contributed by atoms with Crippen LogP contribution in [0.3, 0.4) is 0 Å². The molecule has 2 fully saturated rings. The Morgan fingerprint density at radius 3 is 2.43 bits per heavy atom. The molecular weight excluding hydrogens is 178 g/mol. The number of anilines is 1. The fourth-order valence-corrected chi connectivity index (χ4v) is 2.36. The first-order valence-electron chi connectivity index (χ1n) is 5.05. The van der Waals surface area contributed by atoms with Crippen LogP contribution in [0.5, 0.6) is 0 Å². The molecule has 0 aromatic carbocycles. The van der Waals surface area contributed by atoms with Crippen molar-refractivity contribution in [3.8, 4) is 0 Å². The van der Waals surface area contributed by atoms with E-state index < -0.39 is 0 Å². The molecule has 0 aliphatic carbocycles. The lowest BCUT2D eigenvalue weighted by atomic mass is 10.2. The first kappa shape index (κ1) is 8.11. The zero-order valence-electron chi connectivity index (χ0n) is 7.93. The summed E-state index contributed by atoms with van der Waals surface area (Å²) in [5.74, 6) is 0.818. The Kier molecular flexibility index (Phi) is 1.83. The molecule has 0 saturated carbocycles. The molecule has 74 valence electrons. The normalized spacial score (nSPS) is 30.7. The Morgan fingerprint density at radius 1 is 1.14 bits per heavy atom. The predicted molar refractivity (Wildman–Crippen MR) is 52.0 cm³/mol. The van der Waals surface area contributed by atoms with Gasteiger partial charge in [0.15, 0.2) is 0 Å². The third kappa shape index (κ3) is 1.33. The maximum absolute atomic E-state index is 4.18. The summed E-state index contributed by atoms with van der Waals surface area (Å²) in [6.45, 7) is 2.06. The van der Waals surface area contributed by atoms with Gasteiger partial charge in [0.2, 0.25) is 5.95 Å². The first-order valence-corrected chi connectivity index (χ1v) is 5.05. The highest BCUT2D eigenvalue weighted by Gasteiger charge is 2.32. The molecule has 0 spiro atoms. The monoisotopic (exact) mass is 191 g/mol. The lowest BCUT2D eigenvalue weighted by molar-refractivity contribution is 0.460.